The van der Waals surface area contributed by atoms with Crippen molar-refractivity contribution >= 4 is 0 Å². The van der Waals surface area contributed by atoms with E-state index >= 15 is 0 Å². The fraction of sp³-hybridized carbons (Fsp3) is 1.00. The lowest BCUT2D eigenvalue weighted by Crippen LogP contribution is -2.33. The zero-order valence-electron chi connectivity index (χ0n) is 10.5. The summed E-state index contributed by atoms with van der Waals surface area (Å²) in [5, 5.41) is 3.72. The number of rotatable bonds is 5. The van der Waals surface area contributed by atoms with Crippen LogP contribution in [0.15, 0.2) is 0 Å². The van der Waals surface area contributed by atoms with Crippen LogP contribution in [0, 0.1) is 11.8 Å². The highest BCUT2D eigenvalue weighted by Crippen LogP contribution is 2.33. The molecule has 2 fully saturated rings. The molecule has 2 aliphatic rings. The van der Waals surface area contributed by atoms with Gasteiger partial charge >= 0.3 is 0 Å². The first-order valence-corrected chi connectivity index (χ1v) is 6.59. The summed E-state index contributed by atoms with van der Waals surface area (Å²) in [7, 11) is 2.29. The van der Waals surface area contributed by atoms with E-state index in [-0.39, 0.29) is 0 Å². The second kappa shape index (κ2) is 4.84. The summed E-state index contributed by atoms with van der Waals surface area (Å²) in [6.45, 7) is 7.20. The average Bonchev–Trinajstić information content (AvgIpc) is 2.76. The van der Waals surface area contributed by atoms with E-state index in [2.05, 4.69) is 31.1 Å². The Balaban J connectivity index is 1.68. The molecule has 88 valence electrons. The van der Waals surface area contributed by atoms with Crippen LogP contribution >= 0.6 is 0 Å². The molecule has 2 rings (SSSR count). The average molecular weight is 210 g/mol. The molecule has 0 aliphatic carbocycles. The van der Waals surface area contributed by atoms with Gasteiger partial charge in [-0.2, -0.15) is 0 Å². The van der Waals surface area contributed by atoms with Gasteiger partial charge < -0.3 is 10.2 Å². The van der Waals surface area contributed by atoms with Crippen LogP contribution < -0.4 is 5.32 Å². The molecule has 2 bridgehead atoms. The standard InChI is InChI=1S/C13H26N2/c1-10(2)6-7-15(3)9-11-8-12-4-5-13(11)14-12/h10-14H,4-9H2,1-3H3. The highest BCUT2D eigenvalue weighted by Gasteiger charge is 2.38. The molecule has 2 heteroatoms. The third kappa shape index (κ3) is 2.94. The summed E-state index contributed by atoms with van der Waals surface area (Å²) < 4.78 is 0. The van der Waals surface area contributed by atoms with Gasteiger partial charge in [-0.1, -0.05) is 13.8 Å². The molecule has 0 spiro atoms. The Morgan fingerprint density at radius 2 is 2.13 bits per heavy atom. The molecular weight excluding hydrogens is 184 g/mol. The van der Waals surface area contributed by atoms with E-state index in [9.17, 15) is 0 Å². The fourth-order valence-corrected chi connectivity index (χ4v) is 3.11. The maximum Gasteiger partial charge on any atom is 0.0111 e. The van der Waals surface area contributed by atoms with Gasteiger partial charge in [0.2, 0.25) is 0 Å². The Morgan fingerprint density at radius 3 is 2.67 bits per heavy atom. The lowest BCUT2D eigenvalue weighted by molar-refractivity contribution is 0.238. The summed E-state index contributed by atoms with van der Waals surface area (Å²) >= 11 is 0. The number of hydrogen-bond donors (Lipinski definition) is 1. The largest absolute Gasteiger partial charge is 0.311 e. The number of hydrogen-bond acceptors (Lipinski definition) is 2. The van der Waals surface area contributed by atoms with Gasteiger partial charge in [-0.3, -0.25) is 0 Å². The van der Waals surface area contributed by atoms with Crippen LogP contribution in [0.1, 0.15) is 39.5 Å². The highest BCUT2D eigenvalue weighted by atomic mass is 15.1. The molecule has 2 saturated heterocycles. The molecule has 3 unspecified atom stereocenters. The molecular formula is C13H26N2. The second-order valence-electron chi connectivity index (χ2n) is 5.99. The minimum absolute atomic E-state index is 0.839. The third-order valence-corrected chi connectivity index (χ3v) is 4.07. The zero-order chi connectivity index (χ0) is 10.8. The molecule has 2 aliphatic heterocycles. The summed E-state index contributed by atoms with van der Waals surface area (Å²) in [5.41, 5.74) is 0. The van der Waals surface area contributed by atoms with Crippen molar-refractivity contribution < 1.29 is 0 Å². The van der Waals surface area contributed by atoms with Crippen molar-refractivity contribution in [2.75, 3.05) is 20.1 Å². The van der Waals surface area contributed by atoms with Crippen molar-refractivity contribution in [2.24, 2.45) is 11.8 Å². The Bertz CT molecular complexity index is 203. The summed E-state index contributed by atoms with van der Waals surface area (Å²) in [4.78, 5) is 2.53. The van der Waals surface area contributed by atoms with Crippen molar-refractivity contribution in [1.29, 1.82) is 0 Å². The van der Waals surface area contributed by atoms with E-state index in [1.165, 1.54) is 38.8 Å². The molecule has 0 amide bonds. The molecule has 0 radical (unpaired) electrons. The van der Waals surface area contributed by atoms with Crippen molar-refractivity contribution in [3.05, 3.63) is 0 Å². The Kier molecular flexibility index (Phi) is 3.68. The minimum Gasteiger partial charge on any atom is -0.311 e. The number of nitrogens with one attached hydrogen (secondary N) is 1. The van der Waals surface area contributed by atoms with Gasteiger partial charge in [-0.25, -0.2) is 0 Å². The van der Waals surface area contributed by atoms with Crippen LogP contribution in [-0.4, -0.2) is 37.1 Å². The van der Waals surface area contributed by atoms with Crippen molar-refractivity contribution in [2.45, 2.75) is 51.6 Å². The van der Waals surface area contributed by atoms with Crippen molar-refractivity contribution in [1.82, 2.24) is 10.2 Å². The van der Waals surface area contributed by atoms with Crippen LogP contribution in [0.4, 0.5) is 0 Å². The van der Waals surface area contributed by atoms with E-state index in [0.717, 1.165) is 23.9 Å². The SMILES string of the molecule is CC(C)CCN(C)CC1CC2CCC1N2. The highest BCUT2D eigenvalue weighted by molar-refractivity contribution is 4.97. The zero-order valence-corrected chi connectivity index (χ0v) is 10.5. The summed E-state index contributed by atoms with van der Waals surface area (Å²) in [6, 6.07) is 1.70. The van der Waals surface area contributed by atoms with Crippen molar-refractivity contribution in [3.8, 4) is 0 Å². The van der Waals surface area contributed by atoms with Gasteiger partial charge in [0.25, 0.3) is 0 Å². The van der Waals surface area contributed by atoms with Crippen molar-refractivity contribution in [3.63, 3.8) is 0 Å². The van der Waals surface area contributed by atoms with Gasteiger partial charge in [-0.15, -0.1) is 0 Å². The van der Waals surface area contributed by atoms with Gasteiger partial charge in [0.1, 0.15) is 0 Å². The molecule has 0 aromatic carbocycles. The second-order valence-corrected chi connectivity index (χ2v) is 5.99. The third-order valence-electron chi connectivity index (χ3n) is 4.07. The maximum atomic E-state index is 3.72. The van der Waals surface area contributed by atoms with Gasteiger partial charge in [-0.05, 0) is 51.1 Å². The predicted molar refractivity (Wildman–Crippen MR) is 65.0 cm³/mol. The Morgan fingerprint density at radius 1 is 1.33 bits per heavy atom. The topological polar surface area (TPSA) is 15.3 Å². The van der Waals surface area contributed by atoms with Crippen LogP contribution in [0.3, 0.4) is 0 Å². The molecule has 0 aromatic rings. The van der Waals surface area contributed by atoms with E-state index in [1.54, 1.807) is 0 Å². The number of nitrogens with zero attached hydrogens (tertiary/aromatic N) is 1. The molecule has 2 nitrogen and oxygen atoms in total. The van der Waals surface area contributed by atoms with Crippen LogP contribution in [0.2, 0.25) is 0 Å². The van der Waals surface area contributed by atoms with Crippen LogP contribution in [0.25, 0.3) is 0 Å². The Hall–Kier alpha value is -0.0800. The van der Waals surface area contributed by atoms with Gasteiger partial charge in [0, 0.05) is 18.6 Å². The minimum atomic E-state index is 0.839. The quantitative estimate of drug-likeness (QED) is 0.747. The fourth-order valence-electron chi connectivity index (χ4n) is 3.11. The first-order valence-electron chi connectivity index (χ1n) is 6.59. The lowest BCUT2D eigenvalue weighted by atomic mass is 9.89. The normalized spacial score (nSPS) is 34.6. The van der Waals surface area contributed by atoms with E-state index in [1.807, 2.05) is 0 Å². The smallest absolute Gasteiger partial charge is 0.0111 e. The first kappa shape index (κ1) is 11.4. The lowest BCUT2D eigenvalue weighted by Gasteiger charge is -2.26. The first-order chi connectivity index (χ1) is 7.15. The molecule has 15 heavy (non-hydrogen) atoms. The molecule has 1 N–H and O–H groups in total. The van der Waals surface area contributed by atoms with E-state index < -0.39 is 0 Å². The van der Waals surface area contributed by atoms with Crippen LogP contribution in [0.5, 0.6) is 0 Å². The maximum absolute atomic E-state index is 3.72. The van der Waals surface area contributed by atoms with Gasteiger partial charge in [0.15, 0.2) is 0 Å². The molecule has 3 atom stereocenters. The van der Waals surface area contributed by atoms with E-state index in [4.69, 9.17) is 0 Å². The predicted octanol–water partition coefficient (Wildman–Crippen LogP) is 2.10. The summed E-state index contributed by atoms with van der Waals surface area (Å²) in [6.07, 6.45) is 5.62. The summed E-state index contributed by atoms with van der Waals surface area (Å²) in [5.74, 6) is 1.77. The Labute approximate surface area is 94.4 Å². The van der Waals surface area contributed by atoms with E-state index in [0.29, 0.717) is 0 Å². The monoisotopic (exact) mass is 210 g/mol. The van der Waals surface area contributed by atoms with Crippen LogP contribution in [-0.2, 0) is 0 Å². The molecule has 2 heterocycles. The van der Waals surface area contributed by atoms with Gasteiger partial charge in [0.05, 0.1) is 0 Å². The molecule has 0 aromatic heterocycles. The molecule has 0 saturated carbocycles. The number of fused-ring (bicyclic) bond motifs is 2.